The van der Waals surface area contributed by atoms with E-state index in [0.717, 1.165) is 16.9 Å². The van der Waals surface area contributed by atoms with Crippen LogP contribution in [0.5, 0.6) is 5.75 Å². The zero-order valence-corrected chi connectivity index (χ0v) is 20.0. The topological polar surface area (TPSA) is 87.7 Å². The van der Waals surface area contributed by atoms with Gasteiger partial charge < -0.3 is 15.0 Å². The Kier molecular flexibility index (Phi) is 7.73. The third-order valence-corrected chi connectivity index (χ3v) is 6.69. The minimum absolute atomic E-state index is 0.0533. The molecule has 0 heterocycles. The minimum Gasteiger partial charge on any atom is -0.497 e. The number of hydrogen-bond acceptors (Lipinski definition) is 5. The van der Waals surface area contributed by atoms with Crippen LogP contribution >= 0.6 is 0 Å². The Morgan fingerprint density at radius 3 is 2.27 bits per heavy atom. The average Bonchev–Trinajstić information content (AvgIpc) is 2.80. The number of amides is 1. The highest BCUT2D eigenvalue weighted by Gasteiger charge is 2.18. The van der Waals surface area contributed by atoms with Crippen molar-refractivity contribution in [2.24, 2.45) is 0 Å². The predicted octanol–water partition coefficient (Wildman–Crippen LogP) is 3.84. The molecule has 0 fully saturated rings. The molecule has 0 saturated carbocycles. The first-order chi connectivity index (χ1) is 15.7. The molecule has 0 aliphatic carbocycles. The fourth-order valence-corrected chi connectivity index (χ4v) is 4.42. The zero-order chi connectivity index (χ0) is 24.0. The second-order valence-electron chi connectivity index (χ2n) is 7.96. The standard InChI is InChI=1S/C25H29N3O4S/c1-18-8-12-21(13-9-18)27-33(30,31)23-14-10-19(11-15-23)25(29)26-17-24(28(2)3)20-6-5-7-22(16-20)32-4/h5-16,24,27H,17H2,1-4H3,(H,26,29)/t24-/m1/s1. The molecule has 2 N–H and O–H groups in total. The maximum Gasteiger partial charge on any atom is 0.261 e. The Morgan fingerprint density at radius 1 is 1.00 bits per heavy atom. The van der Waals surface area contributed by atoms with Gasteiger partial charge in [0.2, 0.25) is 0 Å². The van der Waals surface area contributed by atoms with Crippen LogP contribution < -0.4 is 14.8 Å². The molecule has 0 spiro atoms. The van der Waals surface area contributed by atoms with Crippen molar-refractivity contribution in [3.8, 4) is 5.75 Å². The van der Waals surface area contributed by atoms with Gasteiger partial charge in [0.1, 0.15) is 5.75 Å². The van der Waals surface area contributed by atoms with Gasteiger partial charge in [-0.25, -0.2) is 8.42 Å². The Morgan fingerprint density at radius 2 is 1.67 bits per heavy atom. The first-order valence-electron chi connectivity index (χ1n) is 10.5. The van der Waals surface area contributed by atoms with Crippen LogP contribution in [0.15, 0.2) is 77.7 Å². The van der Waals surface area contributed by atoms with Crippen LogP contribution in [0.2, 0.25) is 0 Å². The fraction of sp³-hybridized carbons (Fsp3) is 0.240. The summed E-state index contributed by atoms with van der Waals surface area (Å²) in [6.45, 7) is 2.31. The summed E-state index contributed by atoms with van der Waals surface area (Å²) in [5, 5.41) is 2.93. The van der Waals surface area contributed by atoms with Crippen LogP contribution in [0.1, 0.15) is 27.5 Å². The van der Waals surface area contributed by atoms with Crippen molar-refractivity contribution in [2.45, 2.75) is 17.9 Å². The van der Waals surface area contributed by atoms with Crippen LogP contribution in [0.4, 0.5) is 5.69 Å². The van der Waals surface area contributed by atoms with E-state index in [9.17, 15) is 13.2 Å². The van der Waals surface area contributed by atoms with Crippen LogP contribution in [-0.2, 0) is 10.0 Å². The number of hydrogen-bond donors (Lipinski definition) is 2. The summed E-state index contributed by atoms with van der Waals surface area (Å²) in [7, 11) is 1.75. The van der Waals surface area contributed by atoms with Crippen molar-refractivity contribution in [2.75, 3.05) is 32.5 Å². The van der Waals surface area contributed by atoms with Gasteiger partial charge in [-0.05, 0) is 75.1 Å². The summed E-state index contributed by atoms with van der Waals surface area (Å²) in [4.78, 5) is 14.8. The molecule has 8 heteroatoms. The molecule has 1 amide bonds. The molecular weight excluding hydrogens is 438 g/mol. The monoisotopic (exact) mass is 467 g/mol. The Bertz CT molecular complexity index is 1190. The summed E-state index contributed by atoms with van der Waals surface area (Å²) in [6, 6.07) is 20.6. The van der Waals surface area contributed by atoms with Crippen LogP contribution in [0.3, 0.4) is 0 Å². The number of sulfonamides is 1. The second kappa shape index (κ2) is 10.5. The van der Waals surface area contributed by atoms with Crippen LogP contribution in [-0.4, -0.2) is 47.0 Å². The third kappa shape index (κ3) is 6.34. The van der Waals surface area contributed by atoms with Gasteiger partial charge in [0.25, 0.3) is 15.9 Å². The number of anilines is 1. The molecule has 3 aromatic rings. The molecule has 7 nitrogen and oxygen atoms in total. The maximum absolute atomic E-state index is 12.7. The van der Waals surface area contributed by atoms with Gasteiger partial charge in [-0.15, -0.1) is 0 Å². The van der Waals surface area contributed by atoms with Gasteiger partial charge in [-0.2, -0.15) is 0 Å². The predicted molar refractivity (Wildman–Crippen MR) is 130 cm³/mol. The first kappa shape index (κ1) is 24.3. The molecule has 0 unspecified atom stereocenters. The van der Waals surface area contributed by atoms with Gasteiger partial charge in [0, 0.05) is 17.8 Å². The molecule has 33 heavy (non-hydrogen) atoms. The number of ether oxygens (including phenoxy) is 1. The lowest BCUT2D eigenvalue weighted by atomic mass is 10.1. The highest BCUT2D eigenvalue weighted by atomic mass is 32.2. The molecule has 0 radical (unpaired) electrons. The van der Waals surface area contributed by atoms with E-state index >= 15 is 0 Å². The number of carbonyl (C=O) groups excluding carboxylic acids is 1. The van der Waals surface area contributed by atoms with Crippen molar-refractivity contribution in [1.82, 2.24) is 10.2 Å². The molecule has 0 aliphatic heterocycles. The molecule has 0 aromatic heterocycles. The summed E-state index contributed by atoms with van der Waals surface area (Å²) < 4.78 is 33.1. The van der Waals surface area contributed by atoms with E-state index in [2.05, 4.69) is 10.0 Å². The minimum atomic E-state index is -3.75. The third-order valence-electron chi connectivity index (χ3n) is 5.29. The Balaban J connectivity index is 1.67. The number of carbonyl (C=O) groups is 1. The number of nitrogens with one attached hydrogen (secondary N) is 2. The van der Waals surface area contributed by atoms with Crippen LogP contribution in [0, 0.1) is 6.92 Å². The fourth-order valence-electron chi connectivity index (χ4n) is 3.36. The van der Waals surface area contributed by atoms with Crippen molar-refractivity contribution in [3.05, 3.63) is 89.5 Å². The van der Waals surface area contributed by atoms with Crippen LogP contribution in [0.25, 0.3) is 0 Å². The SMILES string of the molecule is COc1cccc([C@@H](CNC(=O)c2ccc(S(=O)(=O)Nc3ccc(C)cc3)cc2)N(C)C)c1. The molecule has 3 aromatic carbocycles. The molecule has 0 aliphatic rings. The Labute approximate surface area is 195 Å². The van der Waals surface area contributed by atoms with Gasteiger partial charge in [0.05, 0.1) is 18.0 Å². The van der Waals surface area contributed by atoms with E-state index in [4.69, 9.17) is 4.74 Å². The number of methoxy groups -OCH3 is 1. The van der Waals surface area contributed by atoms with Crippen molar-refractivity contribution in [3.63, 3.8) is 0 Å². The lowest BCUT2D eigenvalue weighted by Crippen LogP contribution is -2.34. The smallest absolute Gasteiger partial charge is 0.261 e. The summed E-state index contributed by atoms with van der Waals surface area (Å²) in [6.07, 6.45) is 0. The number of likely N-dealkylation sites (N-methyl/N-ethyl adjacent to an activating group) is 1. The second-order valence-corrected chi connectivity index (χ2v) is 9.64. The molecule has 0 saturated heterocycles. The molecule has 1 atom stereocenters. The van der Waals surface area contributed by atoms with E-state index in [1.165, 1.54) is 24.3 Å². The maximum atomic E-state index is 12.7. The quantitative estimate of drug-likeness (QED) is 0.499. The molecular formula is C25H29N3O4S. The summed E-state index contributed by atoms with van der Waals surface area (Å²) in [5.74, 6) is 0.474. The van der Waals surface area contributed by atoms with Crippen molar-refractivity contribution in [1.29, 1.82) is 0 Å². The number of aryl methyl sites for hydroxylation is 1. The van der Waals surface area contributed by atoms with E-state index in [1.807, 2.05) is 62.3 Å². The van der Waals surface area contributed by atoms with E-state index in [1.54, 1.807) is 19.2 Å². The average molecular weight is 468 g/mol. The van der Waals surface area contributed by atoms with Gasteiger partial charge in [0.15, 0.2) is 0 Å². The summed E-state index contributed by atoms with van der Waals surface area (Å²) in [5.41, 5.74) is 2.92. The largest absolute Gasteiger partial charge is 0.497 e. The number of benzene rings is 3. The van der Waals surface area contributed by atoms with Crippen molar-refractivity contribution < 1.29 is 17.9 Å². The highest BCUT2D eigenvalue weighted by molar-refractivity contribution is 7.92. The normalized spacial score (nSPS) is 12.3. The van der Waals surface area contributed by atoms with E-state index < -0.39 is 10.0 Å². The summed E-state index contributed by atoms with van der Waals surface area (Å²) >= 11 is 0. The molecule has 3 rings (SSSR count). The van der Waals surface area contributed by atoms with E-state index in [-0.39, 0.29) is 16.8 Å². The van der Waals surface area contributed by atoms with Gasteiger partial charge in [-0.1, -0.05) is 29.8 Å². The highest BCUT2D eigenvalue weighted by Crippen LogP contribution is 2.22. The molecule has 174 valence electrons. The van der Waals surface area contributed by atoms with E-state index in [0.29, 0.717) is 17.8 Å². The lowest BCUT2D eigenvalue weighted by Gasteiger charge is -2.25. The van der Waals surface area contributed by atoms with Gasteiger partial charge in [-0.3, -0.25) is 9.52 Å². The first-order valence-corrected chi connectivity index (χ1v) is 12.0. The number of nitrogens with zero attached hydrogens (tertiary/aromatic N) is 1. The zero-order valence-electron chi connectivity index (χ0n) is 19.2. The lowest BCUT2D eigenvalue weighted by molar-refractivity contribution is 0.0942. The van der Waals surface area contributed by atoms with Gasteiger partial charge >= 0.3 is 0 Å². The molecule has 0 bridgehead atoms. The Hall–Kier alpha value is -3.36. The number of rotatable bonds is 9. The van der Waals surface area contributed by atoms with Crippen molar-refractivity contribution >= 4 is 21.6 Å².